The highest BCUT2D eigenvalue weighted by Gasteiger charge is 2.04. The van der Waals surface area contributed by atoms with Crippen molar-refractivity contribution in [3.05, 3.63) is 46.7 Å². The highest BCUT2D eigenvalue weighted by molar-refractivity contribution is 7.12. The van der Waals surface area contributed by atoms with Gasteiger partial charge in [-0.1, -0.05) is 11.2 Å². The van der Waals surface area contributed by atoms with Crippen molar-refractivity contribution in [2.45, 2.75) is 0 Å². The van der Waals surface area contributed by atoms with Gasteiger partial charge in [-0.3, -0.25) is 4.79 Å². The summed E-state index contributed by atoms with van der Waals surface area (Å²) in [6.07, 6.45) is 0. The average molecular weight is 305 g/mol. The predicted octanol–water partition coefficient (Wildman–Crippen LogP) is 2.03. The molecule has 2 aromatic rings. The van der Waals surface area contributed by atoms with Gasteiger partial charge in [0, 0.05) is 5.69 Å². The van der Waals surface area contributed by atoms with E-state index in [1.807, 2.05) is 17.5 Å². The van der Waals surface area contributed by atoms with E-state index in [4.69, 9.17) is 15.3 Å². The lowest BCUT2D eigenvalue weighted by atomic mass is 10.3. The van der Waals surface area contributed by atoms with Crippen LogP contribution in [0.4, 0.5) is 5.69 Å². The van der Waals surface area contributed by atoms with Crippen LogP contribution in [0.25, 0.3) is 0 Å². The average Bonchev–Trinajstić information content (AvgIpc) is 3.02. The number of hydrogen-bond donors (Lipinski definition) is 2. The molecule has 6 nitrogen and oxygen atoms in total. The summed E-state index contributed by atoms with van der Waals surface area (Å²) in [6, 6.07) is 10.7. The second-order valence-corrected chi connectivity index (χ2v) is 4.95. The summed E-state index contributed by atoms with van der Waals surface area (Å²) < 4.78 is 5.03. The Balaban J connectivity index is 1.80. The van der Waals surface area contributed by atoms with E-state index in [0.717, 1.165) is 10.6 Å². The molecule has 1 aromatic heterocycles. The number of ether oxygens (including phenoxy) is 1. The van der Waals surface area contributed by atoms with Crippen LogP contribution in [0.15, 0.2) is 46.9 Å². The number of nitrogens with zero attached hydrogens (tertiary/aromatic N) is 1. The Kier molecular flexibility index (Phi) is 5.16. The van der Waals surface area contributed by atoms with Gasteiger partial charge in [0.1, 0.15) is 5.75 Å². The van der Waals surface area contributed by atoms with Crippen LogP contribution in [0.2, 0.25) is 0 Å². The molecule has 0 fully saturated rings. The number of methoxy groups -OCH3 is 1. The maximum atomic E-state index is 11.7. The zero-order valence-electron chi connectivity index (χ0n) is 11.4. The highest BCUT2D eigenvalue weighted by Crippen LogP contribution is 2.14. The van der Waals surface area contributed by atoms with Crippen molar-refractivity contribution in [2.75, 3.05) is 19.0 Å². The van der Waals surface area contributed by atoms with Crippen LogP contribution in [-0.4, -0.2) is 25.5 Å². The van der Waals surface area contributed by atoms with E-state index >= 15 is 0 Å². The Hall–Kier alpha value is -2.54. The van der Waals surface area contributed by atoms with Crippen molar-refractivity contribution in [1.82, 2.24) is 0 Å². The number of anilines is 1. The van der Waals surface area contributed by atoms with Crippen LogP contribution >= 0.6 is 11.3 Å². The molecule has 0 aliphatic rings. The summed E-state index contributed by atoms with van der Waals surface area (Å²) in [7, 11) is 1.58. The first-order valence-electron chi connectivity index (χ1n) is 6.12. The molecule has 1 aromatic carbocycles. The van der Waals surface area contributed by atoms with E-state index in [0.29, 0.717) is 5.69 Å². The molecular weight excluding hydrogens is 290 g/mol. The minimum Gasteiger partial charge on any atom is -0.497 e. The van der Waals surface area contributed by atoms with Gasteiger partial charge in [0.25, 0.3) is 5.91 Å². The maximum absolute atomic E-state index is 11.7. The van der Waals surface area contributed by atoms with Crippen molar-refractivity contribution in [3.63, 3.8) is 0 Å². The molecule has 0 bridgehead atoms. The maximum Gasteiger partial charge on any atom is 0.265 e. The van der Waals surface area contributed by atoms with E-state index in [-0.39, 0.29) is 18.3 Å². The molecule has 0 saturated heterocycles. The SMILES string of the molecule is COc1ccc(NC(=O)CO/N=C(/N)c2cccs2)cc1. The number of amidine groups is 1. The molecule has 0 aliphatic carbocycles. The number of carbonyl (C=O) groups is 1. The molecule has 3 N–H and O–H groups in total. The smallest absolute Gasteiger partial charge is 0.265 e. The van der Waals surface area contributed by atoms with E-state index in [1.165, 1.54) is 11.3 Å². The second-order valence-electron chi connectivity index (χ2n) is 4.00. The summed E-state index contributed by atoms with van der Waals surface area (Å²) in [5.74, 6) is 0.655. The number of nitrogens with one attached hydrogen (secondary N) is 1. The molecule has 21 heavy (non-hydrogen) atoms. The quantitative estimate of drug-likeness (QED) is 0.486. The Morgan fingerprint density at radius 1 is 1.33 bits per heavy atom. The molecule has 1 amide bonds. The fraction of sp³-hybridized carbons (Fsp3) is 0.143. The number of benzene rings is 1. The molecule has 7 heteroatoms. The first-order valence-corrected chi connectivity index (χ1v) is 7.00. The number of oxime groups is 1. The van der Waals surface area contributed by atoms with Gasteiger partial charge in [-0.15, -0.1) is 11.3 Å². The van der Waals surface area contributed by atoms with Gasteiger partial charge in [-0.2, -0.15) is 0 Å². The molecule has 0 radical (unpaired) electrons. The molecule has 1 heterocycles. The van der Waals surface area contributed by atoms with Crippen molar-refractivity contribution in [1.29, 1.82) is 0 Å². The van der Waals surface area contributed by atoms with E-state index in [2.05, 4.69) is 10.5 Å². The molecule has 0 saturated carbocycles. The zero-order valence-corrected chi connectivity index (χ0v) is 12.2. The summed E-state index contributed by atoms with van der Waals surface area (Å²) in [4.78, 5) is 17.4. The van der Waals surface area contributed by atoms with E-state index < -0.39 is 0 Å². The van der Waals surface area contributed by atoms with E-state index in [1.54, 1.807) is 31.4 Å². The number of carbonyl (C=O) groups excluding carboxylic acids is 1. The Labute approximate surface area is 126 Å². The topological polar surface area (TPSA) is 85.9 Å². The molecule has 0 unspecified atom stereocenters. The first-order chi connectivity index (χ1) is 10.2. The number of hydrogen-bond acceptors (Lipinski definition) is 5. The summed E-state index contributed by atoms with van der Waals surface area (Å²) in [5, 5.41) is 8.26. The van der Waals surface area contributed by atoms with Crippen molar-refractivity contribution < 1.29 is 14.4 Å². The molecule has 0 aliphatic heterocycles. The van der Waals surface area contributed by atoms with Crippen LogP contribution in [0.1, 0.15) is 4.88 Å². The lowest BCUT2D eigenvalue weighted by Gasteiger charge is -2.05. The van der Waals surface area contributed by atoms with Gasteiger partial charge in [-0.25, -0.2) is 0 Å². The lowest BCUT2D eigenvalue weighted by molar-refractivity contribution is -0.120. The Morgan fingerprint density at radius 3 is 2.71 bits per heavy atom. The Morgan fingerprint density at radius 2 is 2.10 bits per heavy atom. The van der Waals surface area contributed by atoms with Gasteiger partial charge >= 0.3 is 0 Å². The van der Waals surface area contributed by atoms with E-state index in [9.17, 15) is 4.79 Å². The third kappa shape index (κ3) is 4.50. The molecular formula is C14H15N3O3S. The summed E-state index contributed by atoms with van der Waals surface area (Å²) in [5.41, 5.74) is 6.35. The largest absolute Gasteiger partial charge is 0.497 e. The standard InChI is InChI=1S/C14H15N3O3S/c1-19-11-6-4-10(5-7-11)16-13(18)9-20-17-14(15)12-3-2-8-21-12/h2-8H,9H2,1H3,(H2,15,17)(H,16,18). The Bertz CT molecular complexity index is 609. The van der Waals surface area contributed by atoms with Crippen LogP contribution < -0.4 is 15.8 Å². The van der Waals surface area contributed by atoms with Crippen molar-refractivity contribution in [2.24, 2.45) is 10.9 Å². The molecule has 0 atom stereocenters. The van der Waals surface area contributed by atoms with Crippen LogP contribution in [0.3, 0.4) is 0 Å². The summed E-state index contributed by atoms with van der Waals surface area (Å²) >= 11 is 1.45. The van der Waals surface area contributed by atoms with Gasteiger partial charge in [0.05, 0.1) is 12.0 Å². The van der Waals surface area contributed by atoms with Gasteiger partial charge in [0.15, 0.2) is 12.4 Å². The van der Waals surface area contributed by atoms with Gasteiger partial charge in [-0.05, 0) is 35.7 Å². The fourth-order valence-corrected chi connectivity index (χ4v) is 2.12. The van der Waals surface area contributed by atoms with Crippen molar-refractivity contribution in [3.8, 4) is 5.75 Å². The minimum absolute atomic E-state index is 0.210. The van der Waals surface area contributed by atoms with Crippen LogP contribution in [0.5, 0.6) is 5.75 Å². The number of nitrogens with two attached hydrogens (primary N) is 1. The van der Waals surface area contributed by atoms with Crippen LogP contribution in [0, 0.1) is 0 Å². The zero-order chi connectivity index (χ0) is 15.1. The number of thiophene rings is 1. The monoisotopic (exact) mass is 305 g/mol. The van der Waals surface area contributed by atoms with Crippen molar-refractivity contribution >= 4 is 28.8 Å². The third-order valence-corrected chi connectivity index (χ3v) is 3.40. The number of amides is 1. The predicted molar refractivity (Wildman–Crippen MR) is 82.6 cm³/mol. The van der Waals surface area contributed by atoms with Gasteiger partial charge in [0.2, 0.25) is 0 Å². The molecule has 0 spiro atoms. The summed E-state index contributed by atoms with van der Waals surface area (Å²) in [6.45, 7) is -0.210. The fourth-order valence-electron chi connectivity index (χ4n) is 1.50. The highest BCUT2D eigenvalue weighted by atomic mass is 32.1. The lowest BCUT2D eigenvalue weighted by Crippen LogP contribution is -2.19. The minimum atomic E-state index is -0.317. The number of rotatable bonds is 6. The normalized spacial score (nSPS) is 11.0. The first kappa shape index (κ1) is 14.9. The van der Waals surface area contributed by atoms with Gasteiger partial charge < -0.3 is 20.6 Å². The molecule has 2 rings (SSSR count). The third-order valence-electron chi connectivity index (χ3n) is 2.51. The molecule has 110 valence electrons. The van der Waals surface area contributed by atoms with Crippen LogP contribution in [-0.2, 0) is 9.63 Å². The second kappa shape index (κ2) is 7.30.